The molecule has 4 heteroatoms. The van der Waals surface area contributed by atoms with Gasteiger partial charge in [-0.2, -0.15) is 0 Å². The van der Waals surface area contributed by atoms with E-state index in [9.17, 15) is 4.79 Å². The summed E-state index contributed by atoms with van der Waals surface area (Å²) in [6.45, 7) is 0.798. The van der Waals surface area contributed by atoms with E-state index >= 15 is 0 Å². The molecule has 144 valence electrons. The number of ether oxygens (including phenoxy) is 2. The van der Waals surface area contributed by atoms with Crippen LogP contribution in [0.15, 0.2) is 48.5 Å². The van der Waals surface area contributed by atoms with Crippen molar-refractivity contribution in [3.05, 3.63) is 54.1 Å². The van der Waals surface area contributed by atoms with E-state index in [4.69, 9.17) is 15.2 Å². The van der Waals surface area contributed by atoms with Crippen LogP contribution >= 0.6 is 0 Å². The smallest absolute Gasteiger partial charge is 0.319 e. The third-order valence-corrected chi connectivity index (χ3v) is 5.14. The van der Waals surface area contributed by atoms with Crippen LogP contribution < -0.4 is 10.5 Å². The van der Waals surface area contributed by atoms with Crippen LogP contribution in [-0.2, 0) is 9.53 Å². The number of nitrogens with two attached hydrogens (primary N) is 1. The van der Waals surface area contributed by atoms with Crippen molar-refractivity contribution in [1.82, 2.24) is 0 Å². The number of esters is 1. The van der Waals surface area contributed by atoms with Crippen molar-refractivity contribution >= 4 is 5.97 Å². The lowest BCUT2D eigenvalue weighted by atomic mass is 9.82. The monoisotopic (exact) mass is 367 g/mol. The van der Waals surface area contributed by atoms with Gasteiger partial charge in [-0.15, -0.1) is 0 Å². The van der Waals surface area contributed by atoms with Crippen molar-refractivity contribution in [1.29, 1.82) is 0 Å². The fourth-order valence-electron chi connectivity index (χ4n) is 3.71. The van der Waals surface area contributed by atoms with Crippen LogP contribution in [0, 0.1) is 0 Å². The zero-order valence-corrected chi connectivity index (χ0v) is 15.9. The van der Waals surface area contributed by atoms with Crippen LogP contribution in [0.2, 0.25) is 0 Å². The minimum atomic E-state index is -0.370. The fraction of sp³-hybridized carbons (Fsp3) is 0.435. The molecule has 0 atom stereocenters. The summed E-state index contributed by atoms with van der Waals surface area (Å²) in [6, 6.07) is 17.0. The molecule has 2 aromatic carbocycles. The maximum atomic E-state index is 11.1. The van der Waals surface area contributed by atoms with Crippen LogP contribution in [-0.4, -0.2) is 25.7 Å². The number of benzene rings is 2. The summed E-state index contributed by atoms with van der Waals surface area (Å²) >= 11 is 0. The SMILES string of the molecule is NCC(=O)OCCCOc1ccc(-c2ccccc2)cc1C1CCCCC1. The Bertz CT molecular complexity index is 724. The van der Waals surface area contributed by atoms with E-state index < -0.39 is 0 Å². The zero-order chi connectivity index (χ0) is 18.9. The lowest BCUT2D eigenvalue weighted by Gasteiger charge is -2.25. The van der Waals surface area contributed by atoms with E-state index in [0.717, 1.165) is 5.75 Å². The second-order valence-corrected chi connectivity index (χ2v) is 7.08. The summed E-state index contributed by atoms with van der Waals surface area (Å²) in [6.07, 6.45) is 7.02. The molecule has 1 saturated carbocycles. The van der Waals surface area contributed by atoms with Gasteiger partial charge in [0.2, 0.25) is 0 Å². The summed E-state index contributed by atoms with van der Waals surface area (Å²) in [7, 11) is 0. The van der Waals surface area contributed by atoms with E-state index in [1.54, 1.807) is 0 Å². The van der Waals surface area contributed by atoms with Gasteiger partial charge in [0.1, 0.15) is 5.75 Å². The Morgan fingerprint density at radius 3 is 2.48 bits per heavy atom. The Labute approximate surface area is 161 Å². The predicted molar refractivity (Wildman–Crippen MR) is 108 cm³/mol. The van der Waals surface area contributed by atoms with Crippen molar-refractivity contribution < 1.29 is 14.3 Å². The van der Waals surface area contributed by atoms with Gasteiger partial charge in [-0.25, -0.2) is 0 Å². The normalized spacial score (nSPS) is 14.7. The van der Waals surface area contributed by atoms with Crippen molar-refractivity contribution in [3.8, 4) is 16.9 Å². The molecule has 27 heavy (non-hydrogen) atoms. The Morgan fingerprint density at radius 2 is 1.74 bits per heavy atom. The zero-order valence-electron chi connectivity index (χ0n) is 15.9. The molecule has 0 saturated heterocycles. The average molecular weight is 367 g/mol. The lowest BCUT2D eigenvalue weighted by molar-refractivity contribution is -0.142. The molecule has 1 fully saturated rings. The maximum absolute atomic E-state index is 11.1. The van der Waals surface area contributed by atoms with Gasteiger partial charge in [-0.05, 0) is 47.6 Å². The van der Waals surface area contributed by atoms with Gasteiger partial charge >= 0.3 is 5.97 Å². The lowest BCUT2D eigenvalue weighted by Crippen LogP contribution is -2.18. The van der Waals surface area contributed by atoms with Gasteiger partial charge in [0.25, 0.3) is 0 Å². The minimum absolute atomic E-state index is 0.0758. The Morgan fingerprint density at radius 1 is 0.963 bits per heavy atom. The molecule has 4 nitrogen and oxygen atoms in total. The van der Waals surface area contributed by atoms with Gasteiger partial charge in [0.05, 0.1) is 19.8 Å². The van der Waals surface area contributed by atoms with Gasteiger partial charge in [-0.3, -0.25) is 4.79 Å². The van der Waals surface area contributed by atoms with E-state index in [1.165, 1.54) is 48.8 Å². The van der Waals surface area contributed by atoms with Crippen molar-refractivity contribution in [2.24, 2.45) is 5.73 Å². The van der Waals surface area contributed by atoms with E-state index in [1.807, 2.05) is 6.07 Å². The first kappa shape index (κ1) is 19.4. The molecule has 0 radical (unpaired) electrons. The maximum Gasteiger partial charge on any atom is 0.319 e. The molecule has 0 unspecified atom stereocenters. The molecular weight excluding hydrogens is 338 g/mol. The highest BCUT2D eigenvalue weighted by Crippen LogP contribution is 2.39. The first-order chi connectivity index (χ1) is 13.3. The van der Waals surface area contributed by atoms with Crippen molar-refractivity contribution in [2.45, 2.75) is 44.4 Å². The number of carbonyl (C=O) groups excluding carboxylic acids is 1. The standard InChI is InChI=1S/C23H29NO3/c24-17-23(25)27-15-7-14-26-22-13-12-20(18-8-3-1-4-9-18)16-21(22)19-10-5-2-6-11-19/h1,3-4,8-9,12-13,16,19H,2,5-7,10-11,14-15,17,24H2. The fourth-order valence-corrected chi connectivity index (χ4v) is 3.71. The largest absolute Gasteiger partial charge is 0.493 e. The summed E-state index contributed by atoms with van der Waals surface area (Å²) < 4.78 is 11.1. The summed E-state index contributed by atoms with van der Waals surface area (Å²) in [5.74, 6) is 1.16. The first-order valence-electron chi connectivity index (χ1n) is 9.96. The van der Waals surface area contributed by atoms with Crippen molar-refractivity contribution in [3.63, 3.8) is 0 Å². The second kappa shape index (κ2) is 10.1. The molecule has 3 rings (SSSR count). The van der Waals surface area contributed by atoms with Crippen LogP contribution in [0.1, 0.15) is 50.0 Å². The van der Waals surface area contributed by atoms with Crippen LogP contribution in [0.5, 0.6) is 5.75 Å². The van der Waals surface area contributed by atoms with Gasteiger partial charge in [0, 0.05) is 6.42 Å². The third kappa shape index (κ3) is 5.57. The van der Waals surface area contributed by atoms with Crippen molar-refractivity contribution in [2.75, 3.05) is 19.8 Å². The molecule has 0 aromatic heterocycles. The molecule has 0 amide bonds. The highest BCUT2D eigenvalue weighted by Gasteiger charge is 2.20. The summed E-state index contributed by atoms with van der Waals surface area (Å²) in [5, 5.41) is 0. The van der Waals surface area contributed by atoms with Crippen LogP contribution in [0.3, 0.4) is 0 Å². The molecule has 2 N–H and O–H groups in total. The molecule has 0 aliphatic heterocycles. The topological polar surface area (TPSA) is 61.6 Å². The Kier molecular flexibility index (Phi) is 7.28. The van der Waals surface area contributed by atoms with Gasteiger partial charge in [-0.1, -0.05) is 55.7 Å². The summed E-state index contributed by atoms with van der Waals surface area (Å²) in [5.41, 5.74) is 9.02. The van der Waals surface area contributed by atoms with E-state index in [-0.39, 0.29) is 12.5 Å². The molecule has 0 heterocycles. The Hall–Kier alpha value is -2.33. The number of hydrogen-bond donors (Lipinski definition) is 1. The predicted octanol–water partition coefficient (Wildman–Crippen LogP) is 4.67. The molecule has 0 spiro atoms. The van der Waals surface area contributed by atoms with E-state index in [2.05, 4.69) is 42.5 Å². The number of hydrogen-bond acceptors (Lipinski definition) is 4. The van der Waals surface area contributed by atoms with Gasteiger partial charge < -0.3 is 15.2 Å². The molecular formula is C23H29NO3. The average Bonchev–Trinajstić information content (AvgIpc) is 2.74. The van der Waals surface area contributed by atoms with Gasteiger partial charge in [0.15, 0.2) is 0 Å². The highest BCUT2D eigenvalue weighted by atomic mass is 16.5. The third-order valence-electron chi connectivity index (χ3n) is 5.14. The quantitative estimate of drug-likeness (QED) is 0.544. The van der Waals surface area contributed by atoms with Crippen LogP contribution in [0.25, 0.3) is 11.1 Å². The molecule has 0 bridgehead atoms. The van der Waals surface area contributed by atoms with Crippen LogP contribution in [0.4, 0.5) is 0 Å². The molecule has 2 aromatic rings. The number of carbonyl (C=O) groups is 1. The molecule has 1 aliphatic carbocycles. The van der Waals surface area contributed by atoms with E-state index in [0.29, 0.717) is 25.6 Å². The number of rotatable bonds is 8. The minimum Gasteiger partial charge on any atom is -0.493 e. The first-order valence-corrected chi connectivity index (χ1v) is 9.96. The second-order valence-electron chi connectivity index (χ2n) is 7.08. The Balaban J connectivity index is 1.71. The summed E-state index contributed by atoms with van der Waals surface area (Å²) in [4.78, 5) is 11.1. The molecule has 1 aliphatic rings. The highest BCUT2D eigenvalue weighted by molar-refractivity contribution is 5.71.